The molecule has 1 aliphatic rings. The number of halogens is 1. The van der Waals surface area contributed by atoms with E-state index in [1.807, 2.05) is 0 Å². The van der Waals surface area contributed by atoms with Gasteiger partial charge in [0.05, 0.1) is 0 Å². The van der Waals surface area contributed by atoms with Crippen molar-refractivity contribution in [2.24, 2.45) is 5.92 Å². The van der Waals surface area contributed by atoms with Gasteiger partial charge in [0.15, 0.2) is 0 Å². The van der Waals surface area contributed by atoms with Crippen molar-refractivity contribution >= 4 is 11.6 Å². The Kier molecular flexibility index (Phi) is 2.18. The molecule has 0 aromatic heterocycles. The van der Waals surface area contributed by atoms with Crippen LogP contribution in [0, 0.1) is 5.92 Å². The minimum absolute atomic E-state index is 0.543. The van der Waals surface area contributed by atoms with E-state index in [1.165, 1.54) is 25.7 Å². The number of alkyl halides is 1. The van der Waals surface area contributed by atoms with Gasteiger partial charge >= 0.3 is 0 Å². The van der Waals surface area contributed by atoms with Crippen LogP contribution in [0.3, 0.4) is 0 Å². The first-order chi connectivity index (χ1) is 3.84. The van der Waals surface area contributed by atoms with Gasteiger partial charge < -0.3 is 0 Å². The Hall–Kier alpha value is 0.290. The van der Waals surface area contributed by atoms with E-state index >= 15 is 0 Å². The van der Waals surface area contributed by atoms with Gasteiger partial charge in [0, 0.05) is 5.38 Å². The molecule has 8 heavy (non-hydrogen) atoms. The predicted octanol–water partition coefficient (Wildman–Crippen LogP) is 2.80. The lowest BCUT2D eigenvalue weighted by molar-refractivity contribution is 0.655. The van der Waals surface area contributed by atoms with E-state index in [1.54, 1.807) is 0 Å². The summed E-state index contributed by atoms with van der Waals surface area (Å²) in [5.74, 6) is 0.886. The zero-order valence-electron chi connectivity index (χ0n) is 5.36. The third kappa shape index (κ3) is 1.66. The fraction of sp³-hybridized carbons (Fsp3) is 1.00. The van der Waals surface area contributed by atoms with E-state index in [0.717, 1.165) is 5.92 Å². The topological polar surface area (TPSA) is 0 Å². The maximum Gasteiger partial charge on any atom is 0.0367 e. The maximum atomic E-state index is 5.79. The van der Waals surface area contributed by atoms with Crippen molar-refractivity contribution in [3.8, 4) is 0 Å². The van der Waals surface area contributed by atoms with E-state index in [4.69, 9.17) is 11.6 Å². The van der Waals surface area contributed by atoms with Crippen LogP contribution in [0.1, 0.15) is 32.6 Å². The second-order valence-corrected chi connectivity index (χ2v) is 3.21. The Labute approximate surface area is 56.2 Å². The molecule has 0 heterocycles. The second kappa shape index (κ2) is 2.72. The highest BCUT2D eigenvalue weighted by Crippen LogP contribution is 2.39. The minimum atomic E-state index is 0.543. The van der Waals surface area contributed by atoms with Crippen LogP contribution in [0.2, 0.25) is 0 Å². The standard InChI is InChI=1S/C7H13Cl/c1-2-3-4-6-5-7(6)8/h6-7H,2-5H2,1H3. The third-order valence-corrected chi connectivity index (χ3v) is 2.30. The first-order valence-corrected chi connectivity index (χ1v) is 3.92. The molecule has 0 nitrogen and oxygen atoms in total. The van der Waals surface area contributed by atoms with Gasteiger partial charge in [0.25, 0.3) is 0 Å². The summed E-state index contributed by atoms with van der Waals surface area (Å²) in [6.45, 7) is 2.23. The molecule has 0 N–H and O–H groups in total. The van der Waals surface area contributed by atoms with Crippen molar-refractivity contribution in [1.29, 1.82) is 0 Å². The Morgan fingerprint density at radius 2 is 2.25 bits per heavy atom. The fourth-order valence-electron chi connectivity index (χ4n) is 0.976. The van der Waals surface area contributed by atoms with Gasteiger partial charge in [-0.25, -0.2) is 0 Å². The van der Waals surface area contributed by atoms with Crippen molar-refractivity contribution in [1.82, 2.24) is 0 Å². The highest BCUT2D eigenvalue weighted by Gasteiger charge is 2.33. The average molecular weight is 133 g/mol. The van der Waals surface area contributed by atoms with E-state index in [-0.39, 0.29) is 0 Å². The maximum absolute atomic E-state index is 5.79. The lowest BCUT2D eigenvalue weighted by atomic mass is 10.2. The van der Waals surface area contributed by atoms with Gasteiger partial charge in [-0.05, 0) is 18.8 Å². The zero-order valence-corrected chi connectivity index (χ0v) is 6.12. The van der Waals surface area contributed by atoms with Crippen LogP contribution in [0.4, 0.5) is 0 Å². The Balaban J connectivity index is 1.89. The van der Waals surface area contributed by atoms with E-state index in [0.29, 0.717) is 5.38 Å². The molecule has 0 spiro atoms. The molecule has 1 rings (SSSR count). The first-order valence-electron chi connectivity index (χ1n) is 3.48. The van der Waals surface area contributed by atoms with Crippen molar-refractivity contribution < 1.29 is 0 Å². The molecular formula is C7H13Cl. The summed E-state index contributed by atoms with van der Waals surface area (Å²) in [7, 11) is 0. The molecular weight excluding hydrogens is 120 g/mol. The van der Waals surface area contributed by atoms with Crippen molar-refractivity contribution in [3.05, 3.63) is 0 Å². The molecule has 1 heteroatoms. The van der Waals surface area contributed by atoms with Crippen LogP contribution < -0.4 is 0 Å². The van der Waals surface area contributed by atoms with Crippen LogP contribution in [-0.4, -0.2) is 5.38 Å². The molecule has 1 fully saturated rings. The normalized spacial score (nSPS) is 35.2. The molecule has 0 radical (unpaired) electrons. The van der Waals surface area contributed by atoms with E-state index in [9.17, 15) is 0 Å². The molecule has 0 aromatic rings. The smallest absolute Gasteiger partial charge is 0.0367 e. The highest BCUT2D eigenvalue weighted by molar-refractivity contribution is 6.22. The van der Waals surface area contributed by atoms with Gasteiger partial charge in [0.2, 0.25) is 0 Å². The predicted molar refractivity (Wildman–Crippen MR) is 37.3 cm³/mol. The van der Waals surface area contributed by atoms with Gasteiger partial charge in [-0.15, -0.1) is 11.6 Å². The molecule has 0 aliphatic heterocycles. The molecule has 2 atom stereocenters. The average Bonchev–Trinajstić information content (AvgIpc) is 2.42. The quantitative estimate of drug-likeness (QED) is 0.518. The van der Waals surface area contributed by atoms with Gasteiger partial charge in [-0.1, -0.05) is 19.8 Å². The summed E-state index contributed by atoms with van der Waals surface area (Å²) < 4.78 is 0. The SMILES string of the molecule is CCCCC1CC1Cl. The molecule has 1 aliphatic carbocycles. The first kappa shape index (κ1) is 6.41. The Morgan fingerprint density at radius 3 is 2.62 bits per heavy atom. The second-order valence-electron chi connectivity index (χ2n) is 2.65. The van der Waals surface area contributed by atoms with Crippen LogP contribution in [0.5, 0.6) is 0 Å². The van der Waals surface area contributed by atoms with Crippen molar-refractivity contribution in [3.63, 3.8) is 0 Å². The monoisotopic (exact) mass is 132 g/mol. The molecule has 0 saturated heterocycles. The summed E-state index contributed by atoms with van der Waals surface area (Å²) in [5, 5.41) is 0.543. The molecule has 0 amide bonds. The van der Waals surface area contributed by atoms with Crippen LogP contribution in [-0.2, 0) is 0 Å². The largest absolute Gasteiger partial charge is 0.123 e. The number of unbranched alkanes of at least 4 members (excludes halogenated alkanes) is 1. The van der Waals surface area contributed by atoms with Crippen LogP contribution in [0.15, 0.2) is 0 Å². The van der Waals surface area contributed by atoms with E-state index in [2.05, 4.69) is 6.92 Å². The minimum Gasteiger partial charge on any atom is -0.123 e. The van der Waals surface area contributed by atoms with Gasteiger partial charge in [-0.3, -0.25) is 0 Å². The third-order valence-electron chi connectivity index (χ3n) is 1.76. The van der Waals surface area contributed by atoms with Gasteiger partial charge in [0.1, 0.15) is 0 Å². The summed E-state index contributed by atoms with van der Waals surface area (Å²) in [6.07, 6.45) is 5.33. The van der Waals surface area contributed by atoms with Crippen LogP contribution in [0.25, 0.3) is 0 Å². The van der Waals surface area contributed by atoms with Gasteiger partial charge in [-0.2, -0.15) is 0 Å². The zero-order chi connectivity index (χ0) is 5.98. The highest BCUT2D eigenvalue weighted by atomic mass is 35.5. The number of rotatable bonds is 3. The molecule has 1 saturated carbocycles. The summed E-state index contributed by atoms with van der Waals surface area (Å²) in [5.41, 5.74) is 0. The Bertz CT molecular complexity index is 70.8. The lowest BCUT2D eigenvalue weighted by Gasteiger charge is -1.90. The lowest BCUT2D eigenvalue weighted by Crippen LogP contribution is -1.78. The molecule has 48 valence electrons. The van der Waals surface area contributed by atoms with Crippen molar-refractivity contribution in [2.45, 2.75) is 38.0 Å². The molecule has 0 aromatic carbocycles. The van der Waals surface area contributed by atoms with Crippen molar-refractivity contribution in [2.75, 3.05) is 0 Å². The summed E-state index contributed by atoms with van der Waals surface area (Å²) in [6, 6.07) is 0. The fourth-order valence-corrected chi connectivity index (χ4v) is 1.33. The number of hydrogen-bond donors (Lipinski definition) is 0. The summed E-state index contributed by atoms with van der Waals surface area (Å²) in [4.78, 5) is 0. The van der Waals surface area contributed by atoms with E-state index < -0.39 is 0 Å². The summed E-state index contributed by atoms with van der Waals surface area (Å²) >= 11 is 5.79. The molecule has 0 bridgehead atoms. The number of hydrogen-bond acceptors (Lipinski definition) is 0. The Morgan fingerprint density at radius 1 is 1.62 bits per heavy atom. The molecule has 2 unspecified atom stereocenters. The van der Waals surface area contributed by atoms with Crippen LogP contribution >= 0.6 is 11.6 Å².